The Morgan fingerprint density at radius 1 is 1.40 bits per heavy atom. The molecule has 0 saturated carbocycles. The highest BCUT2D eigenvalue weighted by Crippen LogP contribution is 2.15. The fraction of sp³-hybridized carbons (Fsp3) is 0.0714. The summed E-state index contributed by atoms with van der Waals surface area (Å²) in [6, 6.07) is 7.67. The number of benzene rings is 1. The molecule has 98 valence electrons. The van der Waals surface area contributed by atoms with Gasteiger partial charge >= 0.3 is 0 Å². The molecule has 4 nitrogen and oxygen atoms in total. The van der Waals surface area contributed by atoms with Crippen LogP contribution in [0.25, 0.3) is 10.2 Å². The summed E-state index contributed by atoms with van der Waals surface area (Å²) in [5.74, 6) is -0.433. The molecule has 1 aromatic carbocycles. The molecule has 0 bridgehead atoms. The fourth-order valence-electron chi connectivity index (χ4n) is 1.98. The number of nitriles is 1. The van der Waals surface area contributed by atoms with Gasteiger partial charge in [0.05, 0.1) is 30.0 Å². The van der Waals surface area contributed by atoms with Gasteiger partial charge in [0.25, 0.3) is 5.56 Å². The SMILES string of the molecule is N#Cc1ccc(F)cc1Cn1cnc2ccsc2c1=O. The standard InChI is InChI=1S/C14H8FN3OS/c15-11-2-1-9(6-16)10(5-11)7-18-8-17-12-3-4-20-13(12)14(18)19/h1-5,8H,7H2. The van der Waals surface area contributed by atoms with Crippen molar-refractivity contribution in [2.75, 3.05) is 0 Å². The smallest absolute Gasteiger partial charge is 0.271 e. The van der Waals surface area contributed by atoms with E-state index in [9.17, 15) is 9.18 Å². The molecule has 3 aromatic rings. The second-order valence-corrected chi connectivity index (χ2v) is 5.14. The molecule has 0 aliphatic rings. The third kappa shape index (κ3) is 2.08. The molecular formula is C14H8FN3OS. The lowest BCUT2D eigenvalue weighted by Crippen LogP contribution is -2.20. The van der Waals surface area contributed by atoms with Crippen LogP contribution in [0.4, 0.5) is 4.39 Å². The van der Waals surface area contributed by atoms with Gasteiger partial charge in [-0.3, -0.25) is 9.36 Å². The van der Waals surface area contributed by atoms with Gasteiger partial charge in [0, 0.05) is 0 Å². The first kappa shape index (κ1) is 12.5. The zero-order valence-electron chi connectivity index (χ0n) is 10.2. The van der Waals surface area contributed by atoms with Crippen molar-refractivity contribution < 1.29 is 4.39 Å². The average molecular weight is 285 g/mol. The first-order valence-electron chi connectivity index (χ1n) is 5.80. The van der Waals surface area contributed by atoms with Gasteiger partial charge in [-0.05, 0) is 35.2 Å². The molecule has 20 heavy (non-hydrogen) atoms. The quantitative estimate of drug-likeness (QED) is 0.727. The van der Waals surface area contributed by atoms with Crippen LogP contribution in [-0.4, -0.2) is 9.55 Å². The van der Waals surface area contributed by atoms with Gasteiger partial charge in [-0.15, -0.1) is 11.3 Å². The Hall–Kier alpha value is -2.52. The molecule has 0 radical (unpaired) electrons. The maximum atomic E-state index is 13.3. The predicted molar refractivity (Wildman–Crippen MR) is 74.1 cm³/mol. The molecule has 0 spiro atoms. The van der Waals surface area contributed by atoms with Crippen LogP contribution in [0.15, 0.2) is 40.8 Å². The highest BCUT2D eigenvalue weighted by Gasteiger charge is 2.09. The molecule has 0 atom stereocenters. The summed E-state index contributed by atoms with van der Waals surface area (Å²) in [5.41, 5.74) is 1.28. The number of thiophene rings is 1. The van der Waals surface area contributed by atoms with Crippen LogP contribution in [0.2, 0.25) is 0 Å². The second kappa shape index (κ2) is 4.87. The maximum absolute atomic E-state index is 13.3. The van der Waals surface area contributed by atoms with Crippen LogP contribution in [0.1, 0.15) is 11.1 Å². The number of aromatic nitrogens is 2. The maximum Gasteiger partial charge on any atom is 0.271 e. The van der Waals surface area contributed by atoms with Crippen LogP contribution in [0, 0.1) is 17.1 Å². The highest BCUT2D eigenvalue weighted by molar-refractivity contribution is 7.17. The summed E-state index contributed by atoms with van der Waals surface area (Å²) in [4.78, 5) is 16.4. The van der Waals surface area contributed by atoms with E-state index in [0.29, 0.717) is 21.3 Å². The first-order valence-corrected chi connectivity index (χ1v) is 6.68. The summed E-state index contributed by atoms with van der Waals surface area (Å²) in [6.07, 6.45) is 1.42. The Morgan fingerprint density at radius 3 is 3.05 bits per heavy atom. The van der Waals surface area contributed by atoms with Crippen molar-refractivity contribution in [2.24, 2.45) is 0 Å². The van der Waals surface area contributed by atoms with E-state index in [1.807, 2.05) is 6.07 Å². The minimum absolute atomic E-state index is 0.125. The number of nitrogens with zero attached hydrogens (tertiary/aromatic N) is 3. The van der Waals surface area contributed by atoms with Crippen molar-refractivity contribution >= 4 is 21.6 Å². The van der Waals surface area contributed by atoms with Gasteiger partial charge in [0.15, 0.2) is 0 Å². The Kier molecular flexibility index (Phi) is 3.05. The van der Waals surface area contributed by atoms with E-state index in [1.54, 1.807) is 11.4 Å². The zero-order chi connectivity index (χ0) is 14.1. The topological polar surface area (TPSA) is 58.7 Å². The summed E-state index contributed by atoms with van der Waals surface area (Å²) in [7, 11) is 0. The van der Waals surface area contributed by atoms with E-state index in [2.05, 4.69) is 4.98 Å². The lowest BCUT2D eigenvalue weighted by molar-refractivity contribution is 0.622. The molecule has 0 fully saturated rings. The molecule has 2 aromatic heterocycles. The van der Waals surface area contributed by atoms with Crippen molar-refractivity contribution in [1.82, 2.24) is 9.55 Å². The van der Waals surface area contributed by atoms with Crippen molar-refractivity contribution in [3.63, 3.8) is 0 Å². The zero-order valence-corrected chi connectivity index (χ0v) is 11.0. The minimum Gasteiger partial charge on any atom is -0.293 e. The van der Waals surface area contributed by atoms with Gasteiger partial charge in [-0.2, -0.15) is 5.26 Å². The number of rotatable bonds is 2. The monoisotopic (exact) mass is 285 g/mol. The Balaban J connectivity index is 2.10. The van der Waals surface area contributed by atoms with E-state index in [4.69, 9.17) is 5.26 Å². The van der Waals surface area contributed by atoms with Crippen LogP contribution in [0.3, 0.4) is 0 Å². The average Bonchev–Trinajstić information content (AvgIpc) is 2.91. The molecule has 2 heterocycles. The lowest BCUT2D eigenvalue weighted by atomic mass is 10.1. The van der Waals surface area contributed by atoms with Gasteiger partial charge in [-0.1, -0.05) is 0 Å². The third-order valence-corrected chi connectivity index (χ3v) is 3.86. The molecule has 0 N–H and O–H groups in total. The van der Waals surface area contributed by atoms with Gasteiger partial charge in [0.2, 0.25) is 0 Å². The second-order valence-electron chi connectivity index (χ2n) is 4.23. The number of fused-ring (bicyclic) bond motifs is 1. The molecule has 3 rings (SSSR count). The Bertz CT molecular complexity index is 891. The van der Waals surface area contributed by atoms with Crippen LogP contribution in [-0.2, 0) is 6.54 Å². The van der Waals surface area contributed by atoms with Gasteiger partial charge < -0.3 is 0 Å². The van der Waals surface area contributed by atoms with E-state index in [1.165, 1.54) is 40.4 Å². The van der Waals surface area contributed by atoms with Crippen molar-refractivity contribution in [2.45, 2.75) is 6.54 Å². The molecule has 0 saturated heterocycles. The number of halogens is 1. The Labute approximate surface area is 117 Å². The summed E-state index contributed by atoms with van der Waals surface area (Å²) in [5, 5.41) is 10.8. The van der Waals surface area contributed by atoms with Crippen LogP contribution in [0.5, 0.6) is 0 Å². The van der Waals surface area contributed by atoms with E-state index < -0.39 is 5.82 Å². The molecule has 0 unspecified atom stereocenters. The number of hydrogen-bond donors (Lipinski definition) is 0. The normalized spacial score (nSPS) is 10.6. The van der Waals surface area contributed by atoms with E-state index in [0.717, 1.165) is 0 Å². The molecule has 0 amide bonds. The van der Waals surface area contributed by atoms with Crippen LogP contribution >= 0.6 is 11.3 Å². The Morgan fingerprint density at radius 2 is 2.25 bits per heavy atom. The van der Waals surface area contributed by atoms with Gasteiger partial charge in [0.1, 0.15) is 10.5 Å². The molecule has 6 heteroatoms. The molecule has 0 aliphatic heterocycles. The lowest BCUT2D eigenvalue weighted by Gasteiger charge is -2.07. The molecule has 0 aliphatic carbocycles. The van der Waals surface area contributed by atoms with Crippen LogP contribution < -0.4 is 5.56 Å². The van der Waals surface area contributed by atoms with E-state index in [-0.39, 0.29) is 12.1 Å². The minimum atomic E-state index is -0.433. The summed E-state index contributed by atoms with van der Waals surface area (Å²) < 4.78 is 15.2. The predicted octanol–water partition coefficient (Wildman–Crippen LogP) is 2.52. The van der Waals surface area contributed by atoms with Gasteiger partial charge in [-0.25, -0.2) is 9.37 Å². The summed E-state index contributed by atoms with van der Waals surface area (Å²) >= 11 is 1.32. The van der Waals surface area contributed by atoms with Crippen molar-refractivity contribution in [3.05, 3.63) is 63.3 Å². The van der Waals surface area contributed by atoms with E-state index >= 15 is 0 Å². The first-order chi connectivity index (χ1) is 9.69. The third-order valence-electron chi connectivity index (χ3n) is 2.96. The summed E-state index contributed by atoms with van der Waals surface area (Å²) in [6.45, 7) is 0.125. The number of hydrogen-bond acceptors (Lipinski definition) is 4. The highest BCUT2D eigenvalue weighted by atomic mass is 32.1. The van der Waals surface area contributed by atoms with Crippen molar-refractivity contribution in [1.29, 1.82) is 5.26 Å². The fourth-order valence-corrected chi connectivity index (χ4v) is 2.77. The van der Waals surface area contributed by atoms with Crippen molar-refractivity contribution in [3.8, 4) is 6.07 Å². The molecular weight excluding hydrogens is 277 g/mol. The largest absolute Gasteiger partial charge is 0.293 e.